The molecule has 0 bridgehead atoms. The fourth-order valence-corrected chi connectivity index (χ4v) is 2.37. The summed E-state index contributed by atoms with van der Waals surface area (Å²) in [5.41, 5.74) is -5.81. The summed E-state index contributed by atoms with van der Waals surface area (Å²) in [7, 11) is -5.49. The SMILES string of the molecule is O=C(OCCNS(=O)(=O)C(F)(F)F)c1c(F)cccc1I. The Morgan fingerprint density at radius 1 is 1.33 bits per heavy atom. The number of hydrogen-bond donors (Lipinski definition) is 1. The molecule has 1 aromatic carbocycles. The van der Waals surface area contributed by atoms with Gasteiger partial charge in [0.1, 0.15) is 18.0 Å². The molecule has 5 nitrogen and oxygen atoms in total. The molecule has 0 unspecified atom stereocenters. The number of halogens is 5. The Balaban J connectivity index is 2.56. The molecule has 0 saturated carbocycles. The van der Waals surface area contributed by atoms with Crippen LogP contribution >= 0.6 is 22.6 Å². The van der Waals surface area contributed by atoms with E-state index >= 15 is 0 Å². The number of ether oxygens (including phenoxy) is 1. The summed E-state index contributed by atoms with van der Waals surface area (Å²) in [5, 5.41) is 0. The smallest absolute Gasteiger partial charge is 0.461 e. The van der Waals surface area contributed by atoms with Gasteiger partial charge in [0.15, 0.2) is 0 Å². The van der Waals surface area contributed by atoms with Crippen LogP contribution in [0.5, 0.6) is 0 Å². The van der Waals surface area contributed by atoms with Crippen LogP contribution in [0.3, 0.4) is 0 Å². The van der Waals surface area contributed by atoms with Crippen molar-refractivity contribution in [2.45, 2.75) is 5.51 Å². The topological polar surface area (TPSA) is 72.5 Å². The van der Waals surface area contributed by atoms with Gasteiger partial charge in [0.2, 0.25) is 0 Å². The van der Waals surface area contributed by atoms with Gasteiger partial charge in [-0.05, 0) is 34.7 Å². The molecule has 0 aliphatic heterocycles. The summed E-state index contributed by atoms with van der Waals surface area (Å²) in [5.74, 6) is -1.94. The average molecular weight is 441 g/mol. The van der Waals surface area contributed by atoms with Crippen LogP contribution in [0.4, 0.5) is 17.6 Å². The number of esters is 1. The minimum Gasteiger partial charge on any atom is -0.461 e. The summed E-state index contributed by atoms with van der Waals surface area (Å²) < 4.78 is 76.6. The predicted molar refractivity (Wildman–Crippen MR) is 72.4 cm³/mol. The van der Waals surface area contributed by atoms with Crippen molar-refractivity contribution in [3.63, 3.8) is 0 Å². The molecule has 0 amide bonds. The minimum atomic E-state index is -5.49. The van der Waals surface area contributed by atoms with Crippen LogP contribution in [0.1, 0.15) is 10.4 Å². The summed E-state index contributed by atoms with van der Waals surface area (Å²) in [4.78, 5) is 11.5. The van der Waals surface area contributed by atoms with Crippen LogP contribution in [0.25, 0.3) is 0 Å². The van der Waals surface area contributed by atoms with E-state index in [0.29, 0.717) is 0 Å². The zero-order chi connectivity index (χ0) is 16.3. The Morgan fingerprint density at radius 3 is 2.48 bits per heavy atom. The third-order valence-corrected chi connectivity index (χ3v) is 4.19. The van der Waals surface area contributed by atoms with Crippen LogP contribution in [0.2, 0.25) is 0 Å². The highest BCUT2D eigenvalue weighted by molar-refractivity contribution is 14.1. The number of benzene rings is 1. The van der Waals surface area contributed by atoms with Crippen molar-refractivity contribution >= 4 is 38.6 Å². The van der Waals surface area contributed by atoms with E-state index in [1.807, 2.05) is 0 Å². The molecule has 0 aliphatic rings. The maximum atomic E-state index is 13.4. The number of alkyl halides is 3. The maximum absolute atomic E-state index is 13.4. The lowest BCUT2D eigenvalue weighted by molar-refractivity contribution is -0.0448. The van der Waals surface area contributed by atoms with Crippen molar-refractivity contribution < 1.29 is 35.5 Å². The first kappa shape index (κ1) is 18.1. The molecule has 118 valence electrons. The Hall–Kier alpha value is -0.950. The summed E-state index contributed by atoms with van der Waals surface area (Å²) >= 11 is 1.68. The van der Waals surface area contributed by atoms with E-state index in [1.165, 1.54) is 16.9 Å². The van der Waals surface area contributed by atoms with E-state index in [0.717, 1.165) is 6.07 Å². The van der Waals surface area contributed by atoms with Gasteiger partial charge in [-0.2, -0.15) is 13.2 Å². The first-order valence-electron chi connectivity index (χ1n) is 5.23. The average Bonchev–Trinajstić information content (AvgIpc) is 2.33. The van der Waals surface area contributed by atoms with E-state index < -0.39 is 40.5 Å². The lowest BCUT2D eigenvalue weighted by Gasteiger charge is -2.10. The second-order valence-electron chi connectivity index (χ2n) is 3.58. The highest BCUT2D eigenvalue weighted by atomic mass is 127. The van der Waals surface area contributed by atoms with Gasteiger partial charge in [-0.1, -0.05) is 6.07 Å². The van der Waals surface area contributed by atoms with E-state index in [1.54, 1.807) is 22.6 Å². The highest BCUT2D eigenvalue weighted by Gasteiger charge is 2.45. The fraction of sp³-hybridized carbons (Fsp3) is 0.300. The Bertz CT molecular complexity index is 612. The van der Waals surface area contributed by atoms with Crippen LogP contribution < -0.4 is 4.72 Å². The molecule has 1 aromatic rings. The monoisotopic (exact) mass is 441 g/mol. The van der Waals surface area contributed by atoms with E-state index in [-0.39, 0.29) is 9.13 Å². The summed E-state index contributed by atoms with van der Waals surface area (Å²) in [6, 6.07) is 3.82. The van der Waals surface area contributed by atoms with Gasteiger partial charge < -0.3 is 4.74 Å². The van der Waals surface area contributed by atoms with Crippen molar-refractivity contribution in [1.82, 2.24) is 4.72 Å². The van der Waals surface area contributed by atoms with E-state index in [2.05, 4.69) is 4.74 Å². The number of carbonyl (C=O) groups excluding carboxylic acids is 1. The van der Waals surface area contributed by atoms with Crippen LogP contribution in [0, 0.1) is 9.39 Å². The molecule has 0 radical (unpaired) electrons. The second-order valence-corrected chi connectivity index (χ2v) is 6.50. The third kappa shape index (κ3) is 4.78. The van der Waals surface area contributed by atoms with E-state index in [9.17, 15) is 30.8 Å². The second kappa shape index (κ2) is 6.87. The lowest BCUT2D eigenvalue weighted by atomic mass is 10.2. The number of nitrogens with one attached hydrogen (secondary N) is 1. The molecular weight excluding hydrogens is 433 g/mol. The van der Waals surface area contributed by atoms with Gasteiger partial charge in [0.05, 0.1) is 0 Å². The fourth-order valence-electron chi connectivity index (χ4n) is 1.17. The highest BCUT2D eigenvalue weighted by Crippen LogP contribution is 2.21. The predicted octanol–water partition coefficient (Wildman–Crippen LogP) is 2.03. The van der Waals surface area contributed by atoms with Gasteiger partial charge in [0, 0.05) is 10.1 Å². The minimum absolute atomic E-state index is 0.258. The Kier molecular flexibility index (Phi) is 5.92. The first-order valence-corrected chi connectivity index (χ1v) is 7.79. The third-order valence-electron chi connectivity index (χ3n) is 2.10. The molecule has 0 saturated heterocycles. The molecule has 0 atom stereocenters. The molecule has 0 heterocycles. The molecule has 0 spiro atoms. The van der Waals surface area contributed by atoms with Crippen LogP contribution in [-0.2, 0) is 14.8 Å². The van der Waals surface area contributed by atoms with Gasteiger partial charge in [0.25, 0.3) is 0 Å². The molecule has 11 heteroatoms. The largest absolute Gasteiger partial charge is 0.511 e. The molecular formula is C10H8F4INO4S. The van der Waals surface area contributed by atoms with Crippen LogP contribution in [-0.4, -0.2) is 33.0 Å². The molecule has 0 aliphatic carbocycles. The van der Waals surface area contributed by atoms with Gasteiger partial charge in [-0.25, -0.2) is 22.3 Å². The molecule has 1 N–H and O–H groups in total. The van der Waals surface area contributed by atoms with Gasteiger partial charge >= 0.3 is 21.5 Å². The number of hydrogen-bond acceptors (Lipinski definition) is 4. The number of rotatable bonds is 5. The first-order chi connectivity index (χ1) is 9.56. The molecule has 0 aromatic heterocycles. The van der Waals surface area contributed by atoms with Gasteiger partial charge in [-0.3, -0.25) is 0 Å². The van der Waals surface area contributed by atoms with Crippen molar-refractivity contribution in [3.05, 3.63) is 33.1 Å². The molecule has 0 fully saturated rings. The zero-order valence-electron chi connectivity index (χ0n) is 10.1. The quantitative estimate of drug-likeness (QED) is 0.329. The van der Waals surface area contributed by atoms with Crippen molar-refractivity contribution in [1.29, 1.82) is 0 Å². The number of carbonyl (C=O) groups is 1. The Morgan fingerprint density at radius 2 is 1.95 bits per heavy atom. The van der Waals surface area contributed by atoms with Crippen molar-refractivity contribution in [2.24, 2.45) is 0 Å². The lowest BCUT2D eigenvalue weighted by Crippen LogP contribution is -2.38. The summed E-state index contributed by atoms with van der Waals surface area (Å²) in [6.45, 7) is -1.45. The van der Waals surface area contributed by atoms with Crippen molar-refractivity contribution in [2.75, 3.05) is 13.2 Å². The van der Waals surface area contributed by atoms with Crippen LogP contribution in [0.15, 0.2) is 18.2 Å². The van der Waals surface area contributed by atoms with Gasteiger partial charge in [-0.15, -0.1) is 0 Å². The zero-order valence-corrected chi connectivity index (χ0v) is 13.1. The maximum Gasteiger partial charge on any atom is 0.511 e. The van der Waals surface area contributed by atoms with E-state index in [4.69, 9.17) is 0 Å². The normalized spacial score (nSPS) is 12.2. The summed E-state index contributed by atoms with van der Waals surface area (Å²) in [6.07, 6.45) is 0. The van der Waals surface area contributed by atoms with Crippen molar-refractivity contribution in [3.8, 4) is 0 Å². The Labute approximate surface area is 130 Å². The molecule has 21 heavy (non-hydrogen) atoms. The molecule has 1 rings (SSSR count). The standard InChI is InChI=1S/C10H8F4INO4S/c11-6-2-1-3-7(15)8(6)9(17)20-5-4-16-21(18,19)10(12,13)14/h1-3,16H,4-5H2. The number of sulfonamides is 1.